The maximum absolute atomic E-state index is 2.24. The standard InChI is InChI=1S/C19H18N.HI/c1-20(17-11-5-2-6-12-17,18-13-7-3-8-14-18)19-15-9-4-10-16-19;/h2-16H,1H3;1H/q+1;/p-1. The van der Waals surface area contributed by atoms with Crippen LogP contribution in [0.1, 0.15) is 0 Å². The predicted molar refractivity (Wildman–Crippen MR) is 86.4 cm³/mol. The molecule has 0 radical (unpaired) electrons. The Bertz CT molecular complexity index is 569. The highest BCUT2D eigenvalue weighted by molar-refractivity contribution is 5.69. The molecule has 3 rings (SSSR count). The van der Waals surface area contributed by atoms with Gasteiger partial charge >= 0.3 is 0 Å². The van der Waals surface area contributed by atoms with E-state index in [2.05, 4.69) is 98.0 Å². The van der Waals surface area contributed by atoms with E-state index in [0.717, 1.165) is 0 Å². The summed E-state index contributed by atoms with van der Waals surface area (Å²) in [5, 5.41) is 0. The van der Waals surface area contributed by atoms with Gasteiger partial charge in [-0.15, -0.1) is 0 Å². The molecule has 0 aliphatic carbocycles. The van der Waals surface area contributed by atoms with Crippen molar-refractivity contribution < 1.29 is 24.0 Å². The van der Waals surface area contributed by atoms with E-state index in [0.29, 0.717) is 4.48 Å². The van der Waals surface area contributed by atoms with E-state index in [9.17, 15) is 0 Å². The van der Waals surface area contributed by atoms with Crippen LogP contribution in [0.5, 0.6) is 0 Å². The molecule has 3 aromatic rings. The molecule has 0 aromatic heterocycles. The largest absolute Gasteiger partial charge is 1.00 e. The summed E-state index contributed by atoms with van der Waals surface area (Å²) in [5.41, 5.74) is 3.76. The first-order valence-electron chi connectivity index (χ1n) is 6.85. The third-order valence-electron chi connectivity index (χ3n) is 3.82. The number of para-hydroxylation sites is 3. The fourth-order valence-electron chi connectivity index (χ4n) is 2.63. The van der Waals surface area contributed by atoms with Gasteiger partial charge in [-0.05, 0) is 36.4 Å². The van der Waals surface area contributed by atoms with Gasteiger partial charge in [0.25, 0.3) is 0 Å². The van der Waals surface area contributed by atoms with Gasteiger partial charge in [0.2, 0.25) is 0 Å². The average Bonchev–Trinajstić information content (AvgIpc) is 2.56. The minimum Gasteiger partial charge on any atom is -1.00 e. The lowest BCUT2D eigenvalue weighted by molar-refractivity contribution is -0.00000392. The van der Waals surface area contributed by atoms with Crippen molar-refractivity contribution in [2.75, 3.05) is 7.05 Å². The number of hydrogen-bond donors (Lipinski definition) is 0. The van der Waals surface area contributed by atoms with E-state index in [-0.39, 0.29) is 24.0 Å². The van der Waals surface area contributed by atoms with Crippen molar-refractivity contribution in [2.24, 2.45) is 0 Å². The van der Waals surface area contributed by atoms with Crippen molar-refractivity contribution >= 4 is 17.1 Å². The zero-order valence-corrected chi connectivity index (χ0v) is 14.1. The molecule has 3 aromatic carbocycles. The first kappa shape index (κ1) is 15.7. The van der Waals surface area contributed by atoms with E-state index in [1.165, 1.54) is 17.1 Å². The Morgan fingerprint density at radius 2 is 0.714 bits per heavy atom. The lowest BCUT2D eigenvalue weighted by atomic mass is 10.1. The van der Waals surface area contributed by atoms with Crippen LogP contribution in [0.4, 0.5) is 17.1 Å². The number of benzene rings is 3. The maximum Gasteiger partial charge on any atom is 0.142 e. The van der Waals surface area contributed by atoms with Crippen molar-refractivity contribution in [1.29, 1.82) is 0 Å². The van der Waals surface area contributed by atoms with Crippen molar-refractivity contribution in [1.82, 2.24) is 4.48 Å². The molecule has 106 valence electrons. The molecular weight excluding hydrogens is 369 g/mol. The predicted octanol–water partition coefficient (Wildman–Crippen LogP) is 2.29. The highest BCUT2D eigenvalue weighted by Gasteiger charge is 2.30. The van der Waals surface area contributed by atoms with E-state index < -0.39 is 0 Å². The zero-order valence-electron chi connectivity index (χ0n) is 12.0. The van der Waals surface area contributed by atoms with Gasteiger partial charge in [-0.25, -0.2) is 4.48 Å². The SMILES string of the molecule is C[N+](c1ccccc1)(c1ccccc1)c1ccccc1.[I-]. The van der Waals surface area contributed by atoms with Crippen LogP contribution in [0.2, 0.25) is 0 Å². The topological polar surface area (TPSA) is 0 Å². The van der Waals surface area contributed by atoms with Gasteiger partial charge < -0.3 is 24.0 Å². The van der Waals surface area contributed by atoms with Crippen LogP contribution < -0.4 is 28.5 Å². The minimum absolute atomic E-state index is 0. The van der Waals surface area contributed by atoms with Gasteiger partial charge in [0.1, 0.15) is 17.1 Å². The molecule has 0 amide bonds. The second kappa shape index (κ2) is 6.87. The van der Waals surface area contributed by atoms with Crippen LogP contribution in [0.15, 0.2) is 91.0 Å². The molecule has 0 atom stereocenters. The Hall–Kier alpha value is -1.65. The summed E-state index contributed by atoms with van der Waals surface area (Å²) in [5.74, 6) is 0. The van der Waals surface area contributed by atoms with Gasteiger partial charge in [0.15, 0.2) is 0 Å². The average molecular weight is 387 g/mol. The van der Waals surface area contributed by atoms with Gasteiger partial charge in [-0.3, -0.25) is 0 Å². The summed E-state index contributed by atoms with van der Waals surface area (Å²) in [6.45, 7) is 0. The molecule has 0 N–H and O–H groups in total. The molecule has 0 heterocycles. The molecule has 2 heteroatoms. The van der Waals surface area contributed by atoms with Crippen LogP contribution >= 0.6 is 0 Å². The maximum atomic E-state index is 2.24. The summed E-state index contributed by atoms with van der Waals surface area (Å²) in [6, 6.07) is 31.8. The van der Waals surface area contributed by atoms with E-state index in [1.54, 1.807) is 0 Å². The lowest BCUT2D eigenvalue weighted by Crippen LogP contribution is -3.00. The molecule has 0 unspecified atom stereocenters. The molecule has 0 aliphatic rings. The number of rotatable bonds is 3. The number of halogens is 1. The van der Waals surface area contributed by atoms with Crippen LogP contribution in [0, 0.1) is 0 Å². The highest BCUT2D eigenvalue weighted by Crippen LogP contribution is 2.40. The van der Waals surface area contributed by atoms with Crippen molar-refractivity contribution in [3.05, 3.63) is 91.0 Å². The number of quaternary nitrogens is 1. The van der Waals surface area contributed by atoms with E-state index in [4.69, 9.17) is 0 Å². The molecule has 1 nitrogen and oxygen atoms in total. The number of nitrogens with zero attached hydrogens (tertiary/aromatic N) is 1. The van der Waals surface area contributed by atoms with Crippen molar-refractivity contribution in [3.8, 4) is 0 Å². The van der Waals surface area contributed by atoms with Crippen LogP contribution in [0.25, 0.3) is 0 Å². The highest BCUT2D eigenvalue weighted by atomic mass is 127. The quantitative estimate of drug-likeness (QED) is 0.478. The molecule has 0 bridgehead atoms. The van der Waals surface area contributed by atoms with E-state index >= 15 is 0 Å². The molecule has 0 fully saturated rings. The third-order valence-corrected chi connectivity index (χ3v) is 3.82. The van der Waals surface area contributed by atoms with E-state index in [1.807, 2.05) is 0 Å². The second-order valence-electron chi connectivity index (χ2n) is 5.01. The molecule has 0 aliphatic heterocycles. The summed E-state index contributed by atoms with van der Waals surface area (Å²) < 4.78 is 0.669. The molecule has 0 saturated heterocycles. The van der Waals surface area contributed by atoms with Crippen molar-refractivity contribution in [2.45, 2.75) is 0 Å². The monoisotopic (exact) mass is 387 g/mol. The fourth-order valence-corrected chi connectivity index (χ4v) is 2.63. The van der Waals surface area contributed by atoms with Gasteiger partial charge in [-0.1, -0.05) is 54.6 Å². The first-order valence-corrected chi connectivity index (χ1v) is 6.85. The third kappa shape index (κ3) is 3.01. The second-order valence-corrected chi connectivity index (χ2v) is 5.01. The molecule has 21 heavy (non-hydrogen) atoms. The normalized spacial score (nSPS) is 10.7. The fraction of sp³-hybridized carbons (Fsp3) is 0.0526. The summed E-state index contributed by atoms with van der Waals surface area (Å²) >= 11 is 0. The Labute approximate surface area is 143 Å². The molecule has 0 saturated carbocycles. The van der Waals surface area contributed by atoms with Gasteiger partial charge in [0, 0.05) is 0 Å². The molecule has 0 spiro atoms. The smallest absolute Gasteiger partial charge is 0.142 e. The molecular formula is C19H18IN. The van der Waals surface area contributed by atoms with Crippen LogP contribution in [0.3, 0.4) is 0 Å². The Morgan fingerprint density at radius 3 is 0.952 bits per heavy atom. The van der Waals surface area contributed by atoms with Crippen LogP contribution in [-0.2, 0) is 0 Å². The lowest BCUT2D eigenvalue weighted by Gasteiger charge is -2.33. The summed E-state index contributed by atoms with van der Waals surface area (Å²) in [7, 11) is 2.24. The van der Waals surface area contributed by atoms with Gasteiger partial charge in [-0.2, -0.15) is 0 Å². The van der Waals surface area contributed by atoms with Crippen molar-refractivity contribution in [3.63, 3.8) is 0 Å². The Morgan fingerprint density at radius 1 is 0.476 bits per heavy atom. The Balaban J connectivity index is 0.00000161. The Kier molecular flexibility index (Phi) is 5.15. The zero-order chi connectivity index (χ0) is 13.8. The first-order chi connectivity index (χ1) is 9.82. The van der Waals surface area contributed by atoms with Gasteiger partial charge in [0.05, 0.1) is 7.05 Å². The summed E-state index contributed by atoms with van der Waals surface area (Å²) in [4.78, 5) is 0. The van der Waals surface area contributed by atoms with Crippen LogP contribution in [-0.4, -0.2) is 7.05 Å². The minimum atomic E-state index is 0. The number of hydrogen-bond acceptors (Lipinski definition) is 0. The summed E-state index contributed by atoms with van der Waals surface area (Å²) in [6.07, 6.45) is 0.